The summed E-state index contributed by atoms with van der Waals surface area (Å²) < 4.78 is 11.2. The Balaban J connectivity index is 1.61. The van der Waals surface area contributed by atoms with Crippen molar-refractivity contribution in [3.8, 4) is 11.5 Å². The average molecular weight is 522 g/mol. The van der Waals surface area contributed by atoms with Crippen molar-refractivity contribution >= 4 is 46.9 Å². The molecule has 0 atom stereocenters. The standard InChI is InChI=1S/C26H20ClN3O7/c1-15-4-3-5-19(10-15)29-25(32)20(24(31)28-26(29)33)11-17-12-21(27)23(22(13-17)36-2)37-14-16-6-8-18(9-7-16)30(34)35/h3-13H,14H2,1-2H3,(H,28,31,33)/b20-11+. The monoisotopic (exact) mass is 521 g/mol. The van der Waals surface area contributed by atoms with Gasteiger partial charge in [-0.25, -0.2) is 9.69 Å². The van der Waals surface area contributed by atoms with E-state index in [0.29, 0.717) is 16.8 Å². The maximum Gasteiger partial charge on any atom is 0.335 e. The number of hydrogen-bond donors (Lipinski definition) is 1. The number of ether oxygens (including phenoxy) is 2. The number of nitrogens with zero attached hydrogens (tertiary/aromatic N) is 2. The van der Waals surface area contributed by atoms with Crippen LogP contribution in [0.4, 0.5) is 16.2 Å². The minimum atomic E-state index is -0.844. The van der Waals surface area contributed by atoms with E-state index in [-0.39, 0.29) is 34.4 Å². The molecular formula is C26H20ClN3O7. The van der Waals surface area contributed by atoms with Gasteiger partial charge in [-0.1, -0.05) is 23.7 Å². The fraction of sp³-hybridized carbons (Fsp3) is 0.115. The molecule has 37 heavy (non-hydrogen) atoms. The van der Waals surface area contributed by atoms with E-state index in [0.717, 1.165) is 10.5 Å². The van der Waals surface area contributed by atoms with Crippen molar-refractivity contribution < 1.29 is 28.8 Å². The Morgan fingerprint density at radius 2 is 1.81 bits per heavy atom. The fourth-order valence-electron chi connectivity index (χ4n) is 3.66. The molecule has 4 rings (SSSR count). The fourth-order valence-corrected chi connectivity index (χ4v) is 3.93. The SMILES string of the molecule is COc1cc(/C=C2\C(=O)NC(=O)N(c3cccc(C)c3)C2=O)cc(Cl)c1OCc1ccc([N+](=O)[O-])cc1. The molecule has 0 bridgehead atoms. The number of carbonyl (C=O) groups excluding carboxylic acids is 3. The van der Waals surface area contributed by atoms with Gasteiger partial charge in [0, 0.05) is 12.1 Å². The van der Waals surface area contributed by atoms with Crippen LogP contribution >= 0.6 is 11.6 Å². The summed E-state index contributed by atoms with van der Waals surface area (Å²) >= 11 is 6.43. The number of nitrogens with one attached hydrogen (secondary N) is 1. The number of methoxy groups -OCH3 is 1. The van der Waals surface area contributed by atoms with Crippen LogP contribution in [-0.4, -0.2) is 29.9 Å². The zero-order valence-electron chi connectivity index (χ0n) is 19.7. The number of barbiturate groups is 1. The molecule has 1 aliphatic heterocycles. The minimum Gasteiger partial charge on any atom is -0.493 e. The van der Waals surface area contributed by atoms with Crippen LogP contribution in [0.1, 0.15) is 16.7 Å². The summed E-state index contributed by atoms with van der Waals surface area (Å²) in [6.07, 6.45) is 1.31. The number of urea groups is 1. The summed E-state index contributed by atoms with van der Waals surface area (Å²) in [6.45, 7) is 1.88. The van der Waals surface area contributed by atoms with Gasteiger partial charge in [-0.2, -0.15) is 0 Å². The number of halogens is 1. The van der Waals surface area contributed by atoms with Crippen molar-refractivity contribution in [1.29, 1.82) is 0 Å². The molecule has 1 N–H and O–H groups in total. The quantitative estimate of drug-likeness (QED) is 0.204. The number of rotatable bonds is 7. The molecule has 11 heteroatoms. The van der Waals surface area contributed by atoms with Gasteiger partial charge in [0.15, 0.2) is 11.5 Å². The Hall–Kier alpha value is -4.70. The molecule has 0 aromatic heterocycles. The number of hydrogen-bond acceptors (Lipinski definition) is 7. The molecule has 1 saturated heterocycles. The zero-order valence-corrected chi connectivity index (χ0v) is 20.4. The number of non-ortho nitro benzene ring substituents is 1. The Morgan fingerprint density at radius 1 is 1.08 bits per heavy atom. The highest BCUT2D eigenvalue weighted by molar-refractivity contribution is 6.39. The second kappa shape index (κ2) is 10.5. The third-order valence-electron chi connectivity index (χ3n) is 5.45. The van der Waals surface area contributed by atoms with Gasteiger partial charge in [0.2, 0.25) is 0 Å². The molecule has 0 aliphatic carbocycles. The molecule has 188 valence electrons. The first-order chi connectivity index (χ1) is 17.7. The van der Waals surface area contributed by atoms with Gasteiger partial charge in [-0.15, -0.1) is 0 Å². The summed E-state index contributed by atoms with van der Waals surface area (Å²) in [6, 6.07) is 14.8. The normalized spacial score (nSPS) is 14.5. The van der Waals surface area contributed by atoms with E-state index in [1.54, 1.807) is 30.3 Å². The molecule has 1 aliphatic rings. The van der Waals surface area contributed by atoms with Gasteiger partial charge < -0.3 is 9.47 Å². The molecular weight excluding hydrogens is 502 g/mol. The second-order valence-corrected chi connectivity index (χ2v) is 8.45. The number of carbonyl (C=O) groups is 3. The number of nitro groups is 1. The summed E-state index contributed by atoms with van der Waals surface area (Å²) in [4.78, 5) is 49.3. The van der Waals surface area contributed by atoms with Gasteiger partial charge in [-0.05, 0) is 66.1 Å². The highest BCUT2D eigenvalue weighted by Crippen LogP contribution is 2.38. The number of aryl methyl sites for hydroxylation is 1. The van der Waals surface area contributed by atoms with E-state index in [1.807, 2.05) is 13.0 Å². The average Bonchev–Trinajstić information content (AvgIpc) is 2.85. The summed E-state index contributed by atoms with van der Waals surface area (Å²) in [7, 11) is 1.40. The number of anilines is 1. The summed E-state index contributed by atoms with van der Waals surface area (Å²) in [5, 5.41) is 13.1. The van der Waals surface area contributed by atoms with E-state index in [9.17, 15) is 24.5 Å². The predicted molar refractivity (Wildman–Crippen MR) is 136 cm³/mol. The smallest absolute Gasteiger partial charge is 0.335 e. The molecule has 1 fully saturated rings. The van der Waals surface area contributed by atoms with Crippen molar-refractivity contribution in [3.63, 3.8) is 0 Å². The van der Waals surface area contributed by atoms with E-state index >= 15 is 0 Å². The van der Waals surface area contributed by atoms with Crippen LogP contribution in [0.25, 0.3) is 6.08 Å². The van der Waals surface area contributed by atoms with Crippen molar-refractivity contribution in [2.45, 2.75) is 13.5 Å². The van der Waals surface area contributed by atoms with Crippen LogP contribution in [-0.2, 0) is 16.2 Å². The van der Waals surface area contributed by atoms with Crippen LogP contribution in [0, 0.1) is 17.0 Å². The third kappa shape index (κ3) is 5.44. The zero-order chi connectivity index (χ0) is 26.7. The Bertz CT molecular complexity index is 1450. The molecule has 0 unspecified atom stereocenters. The molecule has 1 heterocycles. The van der Waals surface area contributed by atoms with Crippen LogP contribution in [0.2, 0.25) is 5.02 Å². The first kappa shape index (κ1) is 25.4. The van der Waals surface area contributed by atoms with Crippen LogP contribution < -0.4 is 19.7 Å². The van der Waals surface area contributed by atoms with Crippen molar-refractivity contribution in [3.05, 3.63) is 98.1 Å². The molecule has 3 aromatic carbocycles. The number of nitro benzene ring substituents is 1. The minimum absolute atomic E-state index is 0.0410. The lowest BCUT2D eigenvalue weighted by Gasteiger charge is -2.26. The van der Waals surface area contributed by atoms with E-state index in [4.69, 9.17) is 21.1 Å². The van der Waals surface area contributed by atoms with Gasteiger partial charge in [0.1, 0.15) is 12.2 Å². The van der Waals surface area contributed by atoms with Gasteiger partial charge in [-0.3, -0.25) is 25.0 Å². The predicted octanol–water partition coefficient (Wildman–Crippen LogP) is 4.81. The van der Waals surface area contributed by atoms with Crippen LogP contribution in [0.15, 0.2) is 66.2 Å². The molecule has 10 nitrogen and oxygen atoms in total. The number of imide groups is 2. The molecule has 0 spiro atoms. The summed E-state index contributed by atoms with van der Waals surface area (Å²) in [5.41, 5.74) is 1.88. The third-order valence-corrected chi connectivity index (χ3v) is 5.74. The highest BCUT2D eigenvalue weighted by atomic mass is 35.5. The highest BCUT2D eigenvalue weighted by Gasteiger charge is 2.37. The first-order valence-corrected chi connectivity index (χ1v) is 11.3. The van der Waals surface area contributed by atoms with Crippen LogP contribution in [0.3, 0.4) is 0 Å². The molecule has 0 saturated carbocycles. The molecule has 0 radical (unpaired) electrons. The Labute approximate surface area is 216 Å². The lowest BCUT2D eigenvalue weighted by atomic mass is 10.1. The van der Waals surface area contributed by atoms with Gasteiger partial charge >= 0.3 is 6.03 Å². The lowest BCUT2D eigenvalue weighted by Crippen LogP contribution is -2.54. The Kier molecular flexibility index (Phi) is 7.21. The van der Waals surface area contributed by atoms with Crippen molar-refractivity contribution in [2.75, 3.05) is 12.0 Å². The largest absolute Gasteiger partial charge is 0.493 e. The maximum absolute atomic E-state index is 13.1. The van der Waals surface area contributed by atoms with E-state index in [1.165, 1.54) is 37.5 Å². The topological polar surface area (TPSA) is 128 Å². The van der Waals surface area contributed by atoms with Crippen LogP contribution in [0.5, 0.6) is 11.5 Å². The molecule has 4 amide bonds. The Morgan fingerprint density at radius 3 is 2.46 bits per heavy atom. The maximum atomic E-state index is 13.1. The molecule has 3 aromatic rings. The van der Waals surface area contributed by atoms with Gasteiger partial charge in [0.25, 0.3) is 17.5 Å². The first-order valence-electron chi connectivity index (χ1n) is 10.9. The van der Waals surface area contributed by atoms with E-state index in [2.05, 4.69) is 5.32 Å². The lowest BCUT2D eigenvalue weighted by molar-refractivity contribution is -0.384. The number of amides is 4. The van der Waals surface area contributed by atoms with E-state index < -0.39 is 22.8 Å². The van der Waals surface area contributed by atoms with Crippen molar-refractivity contribution in [1.82, 2.24) is 5.32 Å². The summed E-state index contributed by atoms with van der Waals surface area (Å²) in [5.74, 6) is -1.18. The van der Waals surface area contributed by atoms with Crippen molar-refractivity contribution in [2.24, 2.45) is 0 Å². The number of benzene rings is 3. The van der Waals surface area contributed by atoms with Gasteiger partial charge in [0.05, 0.1) is 22.7 Å². The second-order valence-electron chi connectivity index (χ2n) is 8.04.